The van der Waals surface area contributed by atoms with Crippen molar-refractivity contribution in [1.82, 2.24) is 20.2 Å². The number of hydrogen-bond acceptors (Lipinski definition) is 9. The number of nitrogens with zero attached hydrogens (tertiary/aromatic N) is 5. The van der Waals surface area contributed by atoms with Crippen molar-refractivity contribution in [3.05, 3.63) is 26.6 Å². The molecule has 3 aliphatic rings. The highest BCUT2D eigenvalue weighted by atomic mass is 32.1. The Morgan fingerprint density at radius 2 is 1.83 bits per heavy atom. The summed E-state index contributed by atoms with van der Waals surface area (Å²) in [4.78, 5) is 33.5. The highest BCUT2D eigenvalue weighted by Gasteiger charge is 2.44. The Morgan fingerprint density at radius 3 is 2.47 bits per heavy atom. The van der Waals surface area contributed by atoms with Gasteiger partial charge >= 0.3 is 0 Å². The Balaban J connectivity index is 0.000000687. The second-order valence-corrected chi connectivity index (χ2v) is 8.95. The van der Waals surface area contributed by atoms with Gasteiger partial charge < -0.3 is 19.6 Å². The van der Waals surface area contributed by atoms with Gasteiger partial charge in [0, 0.05) is 37.2 Å². The van der Waals surface area contributed by atoms with Gasteiger partial charge in [0.2, 0.25) is 11.1 Å². The predicted octanol–water partition coefficient (Wildman–Crippen LogP) is 0.952. The lowest BCUT2D eigenvalue weighted by Gasteiger charge is -2.39. The van der Waals surface area contributed by atoms with Crippen molar-refractivity contribution in [2.45, 2.75) is 38.0 Å². The minimum Gasteiger partial charge on any atom is -0.483 e. The largest absolute Gasteiger partial charge is 0.483 e. The number of morpholine rings is 1. The summed E-state index contributed by atoms with van der Waals surface area (Å²) in [5, 5.41) is 17.3. The maximum absolute atomic E-state index is 12.7. The smallest absolute Gasteiger partial charge is 0.290 e. The Labute approximate surface area is 177 Å². The maximum atomic E-state index is 12.7. The number of fused-ring (bicyclic) bond motifs is 2. The molecule has 0 aromatic carbocycles. The standard InChI is InChI=1S/C18H24N6O2S.CH2O2/c1-12-21-22-17(27-12)24-6-4-18(5-7-24)3-2-13-14(18)19-16(20-15(13)25)23-8-10-26-11-9-23;2-1-3/h2-11H2,1H3,(H,19,20,25);1H,(H,2,3). The number of aromatic nitrogens is 4. The summed E-state index contributed by atoms with van der Waals surface area (Å²) in [5.74, 6) is 0.713. The predicted molar refractivity (Wildman–Crippen MR) is 113 cm³/mol. The molecule has 4 heterocycles. The first-order chi connectivity index (χ1) is 14.6. The van der Waals surface area contributed by atoms with Crippen molar-refractivity contribution in [2.75, 3.05) is 49.2 Å². The van der Waals surface area contributed by atoms with Crippen LogP contribution in [0.3, 0.4) is 0 Å². The van der Waals surface area contributed by atoms with Crippen LogP contribution in [-0.4, -0.2) is 71.1 Å². The van der Waals surface area contributed by atoms with Gasteiger partial charge in [-0.1, -0.05) is 11.3 Å². The van der Waals surface area contributed by atoms with E-state index in [-0.39, 0.29) is 17.4 Å². The molecular weight excluding hydrogens is 408 g/mol. The van der Waals surface area contributed by atoms with Gasteiger partial charge in [0.25, 0.3) is 12.0 Å². The fraction of sp³-hybridized carbons (Fsp3) is 0.632. The van der Waals surface area contributed by atoms with Crippen molar-refractivity contribution < 1.29 is 14.6 Å². The Hall–Kier alpha value is -2.53. The zero-order valence-corrected chi connectivity index (χ0v) is 17.8. The molecular formula is C19H26N6O4S. The summed E-state index contributed by atoms with van der Waals surface area (Å²) in [6.07, 6.45) is 3.88. The maximum Gasteiger partial charge on any atom is 0.290 e. The lowest BCUT2D eigenvalue weighted by molar-refractivity contribution is -0.122. The van der Waals surface area contributed by atoms with E-state index >= 15 is 0 Å². The zero-order chi connectivity index (χ0) is 21.1. The number of carboxylic acid groups (broad SMARTS) is 1. The number of carbonyl (C=O) groups is 1. The summed E-state index contributed by atoms with van der Waals surface area (Å²) >= 11 is 1.65. The number of piperidine rings is 1. The number of aryl methyl sites for hydroxylation is 1. The Bertz CT molecular complexity index is 947. The molecule has 10 nitrogen and oxygen atoms in total. The van der Waals surface area contributed by atoms with E-state index in [9.17, 15) is 4.79 Å². The van der Waals surface area contributed by atoms with Crippen LogP contribution in [0, 0.1) is 6.92 Å². The molecule has 2 saturated heterocycles. The van der Waals surface area contributed by atoms with Crippen LogP contribution in [-0.2, 0) is 21.4 Å². The van der Waals surface area contributed by atoms with Gasteiger partial charge in [0.15, 0.2) is 0 Å². The van der Waals surface area contributed by atoms with Gasteiger partial charge in [-0.3, -0.25) is 14.6 Å². The number of anilines is 2. The summed E-state index contributed by atoms with van der Waals surface area (Å²) < 4.78 is 5.43. The van der Waals surface area contributed by atoms with Crippen molar-refractivity contribution in [3.8, 4) is 0 Å². The van der Waals surface area contributed by atoms with E-state index in [1.807, 2.05) is 6.92 Å². The number of aromatic amines is 1. The third-order valence-corrected chi connectivity index (χ3v) is 7.08. The first-order valence-corrected chi connectivity index (χ1v) is 11.0. The molecule has 0 saturated carbocycles. The van der Waals surface area contributed by atoms with Crippen LogP contribution < -0.4 is 15.4 Å². The van der Waals surface area contributed by atoms with Crippen molar-refractivity contribution >= 4 is 28.9 Å². The highest BCUT2D eigenvalue weighted by Crippen LogP contribution is 2.45. The van der Waals surface area contributed by atoms with Gasteiger partial charge in [-0.05, 0) is 32.6 Å². The average molecular weight is 435 g/mol. The van der Waals surface area contributed by atoms with Gasteiger partial charge in [-0.2, -0.15) is 0 Å². The molecule has 2 aromatic rings. The summed E-state index contributed by atoms with van der Waals surface area (Å²) in [6, 6.07) is 0. The van der Waals surface area contributed by atoms with E-state index < -0.39 is 0 Å². The normalized spacial score (nSPS) is 19.9. The van der Waals surface area contributed by atoms with Gasteiger partial charge in [-0.25, -0.2) is 4.98 Å². The van der Waals surface area contributed by atoms with Crippen LogP contribution >= 0.6 is 11.3 Å². The van der Waals surface area contributed by atoms with E-state index in [1.165, 1.54) is 0 Å². The minimum atomic E-state index is -0.250. The van der Waals surface area contributed by atoms with Gasteiger partial charge in [0.1, 0.15) is 5.01 Å². The van der Waals surface area contributed by atoms with E-state index in [0.717, 1.165) is 73.3 Å². The number of H-pyrrole nitrogens is 1. The first kappa shape index (κ1) is 20.7. The number of rotatable bonds is 2. The summed E-state index contributed by atoms with van der Waals surface area (Å²) in [5.41, 5.74) is 2.01. The molecule has 30 heavy (non-hydrogen) atoms. The number of ether oxygens (including phenoxy) is 1. The molecule has 11 heteroatoms. The van der Waals surface area contributed by atoms with Crippen molar-refractivity contribution in [1.29, 1.82) is 0 Å². The highest BCUT2D eigenvalue weighted by molar-refractivity contribution is 7.15. The number of nitrogens with one attached hydrogen (secondary N) is 1. The summed E-state index contributed by atoms with van der Waals surface area (Å²) in [7, 11) is 0. The van der Waals surface area contributed by atoms with E-state index in [4.69, 9.17) is 19.6 Å². The van der Waals surface area contributed by atoms with Crippen LogP contribution in [0.5, 0.6) is 0 Å². The lowest BCUT2D eigenvalue weighted by Crippen LogP contribution is -2.43. The third kappa shape index (κ3) is 3.91. The molecule has 0 unspecified atom stereocenters. The van der Waals surface area contributed by atoms with Crippen LogP contribution in [0.1, 0.15) is 35.5 Å². The Kier molecular flexibility index (Phi) is 6.00. The van der Waals surface area contributed by atoms with Crippen LogP contribution in [0.4, 0.5) is 11.1 Å². The van der Waals surface area contributed by atoms with E-state index in [1.54, 1.807) is 11.3 Å². The molecule has 0 bridgehead atoms. The molecule has 2 fully saturated rings. The van der Waals surface area contributed by atoms with Crippen LogP contribution in [0.15, 0.2) is 4.79 Å². The SMILES string of the molecule is Cc1nnc(N2CCC3(CCc4c3nc(N3CCOCC3)[nH]c4=O)CC2)s1.O=CO. The van der Waals surface area contributed by atoms with Crippen LogP contribution in [0.2, 0.25) is 0 Å². The average Bonchev–Trinajstić information content (AvgIpc) is 3.35. The Morgan fingerprint density at radius 1 is 1.13 bits per heavy atom. The van der Waals surface area contributed by atoms with Crippen LogP contribution in [0.25, 0.3) is 0 Å². The lowest BCUT2D eigenvalue weighted by atomic mass is 9.76. The van der Waals surface area contributed by atoms with E-state index in [0.29, 0.717) is 19.2 Å². The second kappa shape index (κ2) is 8.68. The molecule has 0 radical (unpaired) electrons. The van der Waals surface area contributed by atoms with Gasteiger partial charge in [0.05, 0.1) is 18.9 Å². The van der Waals surface area contributed by atoms with Gasteiger partial charge in [-0.15, -0.1) is 10.2 Å². The topological polar surface area (TPSA) is 125 Å². The molecule has 5 rings (SSSR count). The molecule has 2 N–H and O–H groups in total. The molecule has 162 valence electrons. The van der Waals surface area contributed by atoms with Crippen molar-refractivity contribution in [3.63, 3.8) is 0 Å². The second-order valence-electron chi connectivity index (χ2n) is 7.79. The fourth-order valence-electron chi connectivity index (χ4n) is 4.59. The molecule has 1 spiro atoms. The number of hydrogen-bond donors (Lipinski definition) is 2. The fourth-order valence-corrected chi connectivity index (χ4v) is 5.33. The monoisotopic (exact) mass is 434 g/mol. The summed E-state index contributed by atoms with van der Waals surface area (Å²) in [6.45, 7) is 6.54. The minimum absolute atomic E-state index is 0.0286. The molecule has 2 aliphatic heterocycles. The zero-order valence-electron chi connectivity index (χ0n) is 17.0. The van der Waals surface area contributed by atoms with E-state index in [2.05, 4.69) is 25.0 Å². The molecule has 2 aromatic heterocycles. The molecule has 0 amide bonds. The first-order valence-electron chi connectivity index (χ1n) is 10.2. The van der Waals surface area contributed by atoms with Crippen molar-refractivity contribution in [2.24, 2.45) is 0 Å². The quantitative estimate of drug-likeness (QED) is 0.665. The third-order valence-electron chi connectivity index (χ3n) is 6.18. The molecule has 1 aliphatic carbocycles. The molecule has 0 atom stereocenters.